The zero-order chi connectivity index (χ0) is 13.9. The number of rotatable bonds is 3. The summed E-state index contributed by atoms with van der Waals surface area (Å²) in [6.45, 7) is 2.07. The van der Waals surface area contributed by atoms with Crippen molar-refractivity contribution in [2.45, 2.75) is 13.5 Å². The highest BCUT2D eigenvalue weighted by Gasteiger charge is 2.07. The molecule has 0 amide bonds. The molecule has 2 aromatic carbocycles. The third kappa shape index (κ3) is 2.44. The minimum Gasteiger partial charge on any atom is -0.392 e. The fourth-order valence-corrected chi connectivity index (χ4v) is 1.88. The zero-order valence-corrected chi connectivity index (χ0v) is 11.1. The molecule has 0 spiro atoms. The summed E-state index contributed by atoms with van der Waals surface area (Å²) in [5, 5.41) is 21.5. The molecule has 0 unspecified atom stereocenters. The van der Waals surface area contributed by atoms with Crippen LogP contribution in [0.15, 0.2) is 48.5 Å². The minimum atomic E-state index is 0.0275. The van der Waals surface area contributed by atoms with E-state index < -0.39 is 0 Å². The molecule has 0 aliphatic rings. The molecular formula is C15H14N4O. The summed E-state index contributed by atoms with van der Waals surface area (Å²) in [4.78, 5) is 1.48. The fourth-order valence-electron chi connectivity index (χ4n) is 1.88. The standard InChI is InChI=1S/C15H14N4O/c1-11-2-6-13(7-3-11)15-16-18-19(17-15)14-8-4-12(10-20)5-9-14/h2-9,20H,10H2,1H3. The maximum Gasteiger partial charge on any atom is 0.205 e. The van der Waals surface area contributed by atoms with Gasteiger partial charge in [0.25, 0.3) is 0 Å². The second-order valence-corrected chi connectivity index (χ2v) is 4.59. The summed E-state index contributed by atoms with van der Waals surface area (Å²) in [6, 6.07) is 15.4. The molecule has 0 atom stereocenters. The molecule has 0 fully saturated rings. The van der Waals surface area contributed by atoms with Gasteiger partial charge in [-0.15, -0.1) is 15.0 Å². The first-order valence-electron chi connectivity index (χ1n) is 6.33. The number of aliphatic hydroxyl groups is 1. The predicted octanol–water partition coefficient (Wildman–Crippen LogP) is 2.13. The van der Waals surface area contributed by atoms with Crippen molar-refractivity contribution < 1.29 is 5.11 Å². The quantitative estimate of drug-likeness (QED) is 0.788. The average Bonchev–Trinajstić information content (AvgIpc) is 2.98. The maximum atomic E-state index is 9.02. The summed E-state index contributed by atoms with van der Waals surface area (Å²) in [5.41, 5.74) is 3.80. The van der Waals surface area contributed by atoms with E-state index in [2.05, 4.69) is 15.4 Å². The van der Waals surface area contributed by atoms with Crippen LogP contribution in [0.25, 0.3) is 17.1 Å². The van der Waals surface area contributed by atoms with Crippen molar-refractivity contribution in [2.75, 3.05) is 0 Å². The Morgan fingerprint density at radius 2 is 1.70 bits per heavy atom. The highest BCUT2D eigenvalue weighted by molar-refractivity contribution is 5.54. The van der Waals surface area contributed by atoms with Crippen molar-refractivity contribution in [3.63, 3.8) is 0 Å². The SMILES string of the molecule is Cc1ccc(-c2nnn(-c3ccc(CO)cc3)n2)cc1. The molecule has 0 aliphatic carbocycles. The van der Waals surface area contributed by atoms with Gasteiger partial charge >= 0.3 is 0 Å². The van der Waals surface area contributed by atoms with Crippen molar-refractivity contribution in [3.8, 4) is 17.1 Å². The Balaban J connectivity index is 1.91. The van der Waals surface area contributed by atoms with Crippen LogP contribution in [0.2, 0.25) is 0 Å². The molecule has 1 heterocycles. The van der Waals surface area contributed by atoms with Gasteiger partial charge in [0, 0.05) is 5.56 Å². The molecule has 3 aromatic rings. The van der Waals surface area contributed by atoms with Gasteiger partial charge < -0.3 is 5.11 Å². The lowest BCUT2D eigenvalue weighted by molar-refractivity contribution is 0.282. The summed E-state index contributed by atoms with van der Waals surface area (Å²) in [5.74, 6) is 0.594. The smallest absolute Gasteiger partial charge is 0.205 e. The van der Waals surface area contributed by atoms with Gasteiger partial charge in [0.1, 0.15) is 0 Å². The first-order chi connectivity index (χ1) is 9.76. The van der Waals surface area contributed by atoms with E-state index in [1.54, 1.807) is 0 Å². The number of hydrogen-bond donors (Lipinski definition) is 1. The Morgan fingerprint density at radius 3 is 2.35 bits per heavy atom. The van der Waals surface area contributed by atoms with Crippen LogP contribution in [0.3, 0.4) is 0 Å². The van der Waals surface area contributed by atoms with E-state index in [9.17, 15) is 0 Å². The van der Waals surface area contributed by atoms with Gasteiger partial charge in [-0.25, -0.2) is 0 Å². The van der Waals surface area contributed by atoms with E-state index in [0.29, 0.717) is 5.82 Å². The number of aromatic nitrogens is 4. The second kappa shape index (κ2) is 5.22. The summed E-state index contributed by atoms with van der Waals surface area (Å²) < 4.78 is 0. The van der Waals surface area contributed by atoms with E-state index in [-0.39, 0.29) is 6.61 Å². The van der Waals surface area contributed by atoms with Crippen LogP contribution in [0.4, 0.5) is 0 Å². The maximum absolute atomic E-state index is 9.02. The molecule has 0 radical (unpaired) electrons. The van der Waals surface area contributed by atoms with Crippen molar-refractivity contribution in [2.24, 2.45) is 0 Å². The van der Waals surface area contributed by atoms with Gasteiger partial charge in [0.05, 0.1) is 12.3 Å². The van der Waals surface area contributed by atoms with Crippen LogP contribution >= 0.6 is 0 Å². The monoisotopic (exact) mass is 266 g/mol. The largest absolute Gasteiger partial charge is 0.392 e. The Kier molecular flexibility index (Phi) is 3.26. The van der Waals surface area contributed by atoms with E-state index in [0.717, 1.165) is 16.8 Å². The first kappa shape index (κ1) is 12.5. The first-order valence-corrected chi connectivity index (χ1v) is 6.33. The van der Waals surface area contributed by atoms with Gasteiger partial charge in [-0.3, -0.25) is 0 Å². The molecule has 100 valence electrons. The van der Waals surface area contributed by atoms with Crippen molar-refractivity contribution in [1.29, 1.82) is 0 Å². The van der Waals surface area contributed by atoms with Crippen LogP contribution in [-0.4, -0.2) is 25.3 Å². The highest BCUT2D eigenvalue weighted by atomic mass is 16.3. The van der Waals surface area contributed by atoms with E-state index in [1.165, 1.54) is 10.4 Å². The van der Waals surface area contributed by atoms with Crippen molar-refractivity contribution in [3.05, 3.63) is 59.7 Å². The molecule has 3 rings (SSSR count). The lowest BCUT2D eigenvalue weighted by Crippen LogP contribution is -1.99. The Bertz CT molecular complexity index is 701. The third-order valence-electron chi connectivity index (χ3n) is 3.07. The van der Waals surface area contributed by atoms with Crippen molar-refractivity contribution >= 4 is 0 Å². The molecule has 5 heteroatoms. The van der Waals surface area contributed by atoms with Crippen LogP contribution < -0.4 is 0 Å². The molecule has 0 aliphatic heterocycles. The van der Waals surface area contributed by atoms with Gasteiger partial charge in [-0.2, -0.15) is 0 Å². The highest BCUT2D eigenvalue weighted by Crippen LogP contribution is 2.15. The minimum absolute atomic E-state index is 0.0275. The number of hydrogen-bond acceptors (Lipinski definition) is 4. The fraction of sp³-hybridized carbons (Fsp3) is 0.133. The number of aryl methyl sites for hydroxylation is 1. The zero-order valence-electron chi connectivity index (χ0n) is 11.1. The van der Waals surface area contributed by atoms with Gasteiger partial charge in [-0.1, -0.05) is 42.0 Å². The lowest BCUT2D eigenvalue weighted by atomic mass is 10.1. The van der Waals surface area contributed by atoms with E-state index in [1.807, 2.05) is 55.5 Å². The second-order valence-electron chi connectivity index (χ2n) is 4.59. The number of aliphatic hydroxyl groups excluding tert-OH is 1. The topological polar surface area (TPSA) is 63.8 Å². The Morgan fingerprint density at radius 1 is 1.00 bits per heavy atom. The molecule has 1 aromatic heterocycles. The van der Waals surface area contributed by atoms with Crippen LogP contribution in [0.5, 0.6) is 0 Å². The molecule has 0 saturated carbocycles. The van der Waals surface area contributed by atoms with Crippen LogP contribution in [-0.2, 0) is 6.61 Å². The van der Waals surface area contributed by atoms with E-state index >= 15 is 0 Å². The molecule has 5 nitrogen and oxygen atoms in total. The van der Waals surface area contributed by atoms with Crippen LogP contribution in [0.1, 0.15) is 11.1 Å². The Labute approximate surface area is 116 Å². The predicted molar refractivity (Wildman–Crippen MR) is 75.2 cm³/mol. The lowest BCUT2D eigenvalue weighted by Gasteiger charge is -1.99. The van der Waals surface area contributed by atoms with Gasteiger partial charge in [0.15, 0.2) is 0 Å². The van der Waals surface area contributed by atoms with Gasteiger partial charge in [0.2, 0.25) is 5.82 Å². The van der Waals surface area contributed by atoms with Crippen LogP contribution in [0, 0.1) is 6.92 Å². The summed E-state index contributed by atoms with van der Waals surface area (Å²) in [7, 11) is 0. The summed E-state index contributed by atoms with van der Waals surface area (Å²) in [6.07, 6.45) is 0. The van der Waals surface area contributed by atoms with Gasteiger partial charge in [-0.05, 0) is 29.8 Å². The average molecular weight is 266 g/mol. The number of nitrogens with zero attached hydrogens (tertiary/aromatic N) is 4. The van der Waals surface area contributed by atoms with E-state index in [4.69, 9.17) is 5.11 Å². The molecule has 0 bridgehead atoms. The molecule has 20 heavy (non-hydrogen) atoms. The molecule has 0 saturated heterocycles. The number of benzene rings is 2. The third-order valence-corrected chi connectivity index (χ3v) is 3.07. The van der Waals surface area contributed by atoms with Crippen molar-refractivity contribution in [1.82, 2.24) is 20.2 Å². The normalized spacial score (nSPS) is 10.7. The molecule has 1 N–H and O–H groups in total. The Hall–Kier alpha value is -2.53. The molecular weight excluding hydrogens is 252 g/mol. The summed E-state index contributed by atoms with van der Waals surface area (Å²) >= 11 is 0. The number of tetrazole rings is 1.